The number of anilines is 2. The van der Waals surface area contributed by atoms with Gasteiger partial charge in [0.1, 0.15) is 0 Å². The van der Waals surface area contributed by atoms with Gasteiger partial charge in [-0.25, -0.2) is 4.98 Å². The molecule has 1 aromatic heterocycles. The fraction of sp³-hybridized carbons (Fsp3) is 0.0909. The second kappa shape index (κ2) is 5.14. The standard InChI is InChI=1S/C11H9Cl2N3OS/c1-5(17)15-10-7(12)2-6(3-8(10)13)9-4-18-11(14)16-9/h2-4H,1H3,(H2,14,16)(H,15,17). The first kappa shape index (κ1) is 13.1. The van der Waals surface area contributed by atoms with Gasteiger partial charge in [0.2, 0.25) is 5.91 Å². The molecule has 7 heteroatoms. The molecule has 0 radical (unpaired) electrons. The van der Waals surface area contributed by atoms with Gasteiger partial charge in [0.25, 0.3) is 0 Å². The summed E-state index contributed by atoms with van der Waals surface area (Å²) in [7, 11) is 0. The van der Waals surface area contributed by atoms with Crippen molar-refractivity contribution in [3.8, 4) is 11.3 Å². The number of hydrogen-bond acceptors (Lipinski definition) is 4. The molecule has 0 aliphatic rings. The molecular formula is C11H9Cl2N3OS. The van der Waals surface area contributed by atoms with E-state index in [0.29, 0.717) is 26.6 Å². The van der Waals surface area contributed by atoms with Crippen molar-refractivity contribution in [3.63, 3.8) is 0 Å². The minimum absolute atomic E-state index is 0.232. The number of nitrogens with one attached hydrogen (secondary N) is 1. The molecular weight excluding hydrogens is 293 g/mol. The fourth-order valence-electron chi connectivity index (χ4n) is 1.44. The first-order chi connectivity index (χ1) is 8.47. The number of amides is 1. The number of nitrogen functional groups attached to an aromatic ring is 1. The molecule has 0 bridgehead atoms. The predicted molar refractivity (Wildman–Crippen MR) is 76.3 cm³/mol. The van der Waals surface area contributed by atoms with E-state index in [1.54, 1.807) is 12.1 Å². The number of rotatable bonds is 2. The Balaban J connectivity index is 2.45. The first-order valence-electron chi connectivity index (χ1n) is 4.95. The summed E-state index contributed by atoms with van der Waals surface area (Å²) in [6.07, 6.45) is 0. The molecule has 0 aliphatic heterocycles. The summed E-state index contributed by atoms with van der Waals surface area (Å²) in [6.45, 7) is 1.39. The number of hydrogen-bond donors (Lipinski definition) is 2. The van der Waals surface area contributed by atoms with Crippen molar-refractivity contribution >= 4 is 51.3 Å². The average molecular weight is 302 g/mol. The van der Waals surface area contributed by atoms with Gasteiger partial charge < -0.3 is 11.1 Å². The van der Waals surface area contributed by atoms with Crippen LogP contribution in [-0.2, 0) is 4.79 Å². The van der Waals surface area contributed by atoms with Crippen LogP contribution >= 0.6 is 34.5 Å². The lowest BCUT2D eigenvalue weighted by Crippen LogP contribution is -2.06. The van der Waals surface area contributed by atoms with Crippen LogP contribution in [0.5, 0.6) is 0 Å². The first-order valence-corrected chi connectivity index (χ1v) is 6.59. The zero-order valence-electron chi connectivity index (χ0n) is 9.33. The quantitative estimate of drug-likeness (QED) is 0.889. The smallest absolute Gasteiger partial charge is 0.221 e. The zero-order chi connectivity index (χ0) is 13.3. The van der Waals surface area contributed by atoms with Crippen molar-refractivity contribution in [1.29, 1.82) is 0 Å². The largest absolute Gasteiger partial charge is 0.375 e. The zero-order valence-corrected chi connectivity index (χ0v) is 11.7. The molecule has 1 heterocycles. The number of halogens is 2. The van der Waals surface area contributed by atoms with E-state index in [9.17, 15) is 4.79 Å². The van der Waals surface area contributed by atoms with Gasteiger partial charge in [-0.05, 0) is 12.1 Å². The molecule has 0 saturated heterocycles. The van der Waals surface area contributed by atoms with Crippen molar-refractivity contribution in [2.75, 3.05) is 11.1 Å². The van der Waals surface area contributed by atoms with E-state index in [1.807, 2.05) is 5.38 Å². The van der Waals surface area contributed by atoms with Crippen molar-refractivity contribution in [3.05, 3.63) is 27.6 Å². The van der Waals surface area contributed by atoms with Gasteiger partial charge in [-0.1, -0.05) is 23.2 Å². The molecule has 1 aromatic carbocycles. The molecule has 0 unspecified atom stereocenters. The molecule has 18 heavy (non-hydrogen) atoms. The molecule has 2 aromatic rings. The van der Waals surface area contributed by atoms with E-state index in [1.165, 1.54) is 18.3 Å². The molecule has 0 atom stereocenters. The molecule has 3 N–H and O–H groups in total. The van der Waals surface area contributed by atoms with E-state index < -0.39 is 0 Å². The fourth-order valence-corrected chi connectivity index (χ4v) is 2.59. The minimum Gasteiger partial charge on any atom is -0.375 e. The molecule has 1 amide bonds. The average Bonchev–Trinajstić information content (AvgIpc) is 2.70. The number of aromatic nitrogens is 1. The highest BCUT2D eigenvalue weighted by molar-refractivity contribution is 7.13. The predicted octanol–water partition coefficient (Wildman–Crippen LogP) is 3.66. The highest BCUT2D eigenvalue weighted by atomic mass is 35.5. The van der Waals surface area contributed by atoms with Gasteiger partial charge in [0.15, 0.2) is 5.13 Å². The Morgan fingerprint density at radius 1 is 1.39 bits per heavy atom. The number of carbonyl (C=O) groups is 1. The topological polar surface area (TPSA) is 68.0 Å². The van der Waals surface area contributed by atoms with E-state index in [0.717, 1.165) is 5.56 Å². The second-order valence-corrected chi connectivity index (χ2v) is 5.27. The van der Waals surface area contributed by atoms with E-state index in [2.05, 4.69) is 10.3 Å². The summed E-state index contributed by atoms with van der Waals surface area (Å²) in [6, 6.07) is 3.38. The molecule has 0 fully saturated rings. The van der Waals surface area contributed by atoms with Crippen LogP contribution in [0.15, 0.2) is 17.5 Å². The Labute approximate surface area is 118 Å². The van der Waals surface area contributed by atoms with Crippen molar-refractivity contribution in [1.82, 2.24) is 4.98 Å². The summed E-state index contributed by atoms with van der Waals surface area (Å²) in [5.74, 6) is -0.232. The van der Waals surface area contributed by atoms with E-state index >= 15 is 0 Å². The van der Waals surface area contributed by atoms with Crippen LogP contribution < -0.4 is 11.1 Å². The third kappa shape index (κ3) is 2.75. The summed E-state index contributed by atoms with van der Waals surface area (Å²) in [4.78, 5) is 15.2. The Morgan fingerprint density at radius 3 is 2.44 bits per heavy atom. The Hall–Kier alpha value is -1.30. The molecule has 0 saturated carbocycles. The maximum Gasteiger partial charge on any atom is 0.221 e. The van der Waals surface area contributed by atoms with E-state index in [-0.39, 0.29) is 5.91 Å². The van der Waals surface area contributed by atoms with Crippen LogP contribution in [0.2, 0.25) is 10.0 Å². The Morgan fingerprint density at radius 2 is 2.00 bits per heavy atom. The number of thiazole rings is 1. The normalized spacial score (nSPS) is 10.4. The van der Waals surface area contributed by atoms with Gasteiger partial charge in [-0.2, -0.15) is 0 Å². The van der Waals surface area contributed by atoms with Crippen LogP contribution in [0.4, 0.5) is 10.8 Å². The Kier molecular flexibility index (Phi) is 3.75. The summed E-state index contributed by atoms with van der Waals surface area (Å²) < 4.78 is 0. The lowest BCUT2D eigenvalue weighted by atomic mass is 10.1. The SMILES string of the molecule is CC(=O)Nc1c(Cl)cc(-c2csc(N)n2)cc1Cl. The summed E-state index contributed by atoms with van der Waals surface area (Å²) >= 11 is 13.5. The minimum atomic E-state index is -0.232. The van der Waals surface area contributed by atoms with Crippen LogP contribution in [-0.4, -0.2) is 10.9 Å². The van der Waals surface area contributed by atoms with Crippen molar-refractivity contribution < 1.29 is 4.79 Å². The van der Waals surface area contributed by atoms with Crippen LogP contribution in [0.3, 0.4) is 0 Å². The van der Waals surface area contributed by atoms with Gasteiger partial charge in [0.05, 0.1) is 21.4 Å². The lowest BCUT2D eigenvalue weighted by molar-refractivity contribution is -0.114. The summed E-state index contributed by atoms with van der Waals surface area (Å²) in [5, 5.41) is 5.59. The number of nitrogens with zero attached hydrogens (tertiary/aromatic N) is 1. The second-order valence-electron chi connectivity index (χ2n) is 3.57. The van der Waals surface area contributed by atoms with Crippen molar-refractivity contribution in [2.24, 2.45) is 0 Å². The monoisotopic (exact) mass is 301 g/mol. The van der Waals surface area contributed by atoms with Gasteiger partial charge in [-0.3, -0.25) is 4.79 Å². The highest BCUT2D eigenvalue weighted by Crippen LogP contribution is 2.36. The van der Waals surface area contributed by atoms with Crippen LogP contribution in [0, 0.1) is 0 Å². The third-order valence-electron chi connectivity index (χ3n) is 2.16. The third-order valence-corrected chi connectivity index (χ3v) is 3.43. The number of benzene rings is 1. The molecule has 0 spiro atoms. The number of carbonyl (C=O) groups excluding carboxylic acids is 1. The van der Waals surface area contributed by atoms with Gasteiger partial charge in [-0.15, -0.1) is 11.3 Å². The van der Waals surface area contributed by atoms with Crippen molar-refractivity contribution in [2.45, 2.75) is 6.92 Å². The maximum atomic E-state index is 11.0. The maximum absolute atomic E-state index is 11.0. The van der Waals surface area contributed by atoms with Crippen LogP contribution in [0.25, 0.3) is 11.3 Å². The molecule has 4 nitrogen and oxygen atoms in total. The van der Waals surface area contributed by atoms with E-state index in [4.69, 9.17) is 28.9 Å². The molecule has 2 rings (SSSR count). The lowest BCUT2D eigenvalue weighted by Gasteiger charge is -2.09. The molecule has 94 valence electrons. The molecule has 0 aliphatic carbocycles. The van der Waals surface area contributed by atoms with Gasteiger partial charge >= 0.3 is 0 Å². The highest BCUT2D eigenvalue weighted by Gasteiger charge is 2.12. The Bertz CT molecular complexity index is 589. The van der Waals surface area contributed by atoms with Crippen LogP contribution in [0.1, 0.15) is 6.92 Å². The summed E-state index contributed by atoms with van der Waals surface area (Å²) in [5.41, 5.74) is 7.43. The number of nitrogens with two attached hydrogens (primary N) is 1. The van der Waals surface area contributed by atoms with Gasteiger partial charge in [0, 0.05) is 17.9 Å².